The molecule has 0 spiro atoms. The van der Waals surface area contributed by atoms with Crippen molar-refractivity contribution in [1.29, 1.82) is 0 Å². The average Bonchev–Trinajstić information content (AvgIpc) is 1.90. The van der Waals surface area contributed by atoms with Crippen LogP contribution in [-0.4, -0.2) is 6.04 Å². The fourth-order valence-electron chi connectivity index (χ4n) is 0.661. The molecule has 1 aliphatic rings. The summed E-state index contributed by atoms with van der Waals surface area (Å²) >= 11 is 2.17. The van der Waals surface area contributed by atoms with Crippen molar-refractivity contribution in [3.8, 4) is 0 Å². The average molecular weight is 221 g/mol. The molecule has 0 saturated heterocycles. The third-order valence-electron chi connectivity index (χ3n) is 1.12. The predicted octanol–water partition coefficient (Wildman–Crippen LogP) is 1.81. The summed E-state index contributed by atoms with van der Waals surface area (Å²) in [5.74, 6) is 0. The SMILES string of the molecule is INC1C=CC=CC1. The van der Waals surface area contributed by atoms with E-state index in [4.69, 9.17) is 0 Å². The van der Waals surface area contributed by atoms with Crippen LogP contribution >= 0.6 is 22.9 Å². The van der Waals surface area contributed by atoms with Crippen LogP contribution in [0.1, 0.15) is 6.42 Å². The third kappa shape index (κ3) is 1.59. The summed E-state index contributed by atoms with van der Waals surface area (Å²) in [7, 11) is 0. The second-order valence-electron chi connectivity index (χ2n) is 1.76. The van der Waals surface area contributed by atoms with Gasteiger partial charge in [-0.3, -0.25) is 3.53 Å². The van der Waals surface area contributed by atoms with E-state index in [0.29, 0.717) is 6.04 Å². The highest BCUT2D eigenvalue weighted by Crippen LogP contribution is 2.03. The first kappa shape index (κ1) is 6.29. The van der Waals surface area contributed by atoms with Crippen LogP contribution in [0.15, 0.2) is 24.3 Å². The number of rotatable bonds is 1. The molecule has 2 heteroatoms. The topological polar surface area (TPSA) is 12.0 Å². The van der Waals surface area contributed by atoms with Gasteiger partial charge in [-0.15, -0.1) is 0 Å². The van der Waals surface area contributed by atoms with Gasteiger partial charge in [-0.2, -0.15) is 0 Å². The first-order valence-corrected chi connectivity index (χ1v) is 3.71. The zero-order chi connectivity index (χ0) is 5.82. The Morgan fingerprint density at radius 3 is 2.75 bits per heavy atom. The molecule has 0 saturated carbocycles. The van der Waals surface area contributed by atoms with Gasteiger partial charge in [-0.05, 0) is 6.42 Å². The molecule has 0 aliphatic heterocycles. The monoisotopic (exact) mass is 221 g/mol. The largest absolute Gasteiger partial charge is 0.254 e. The van der Waals surface area contributed by atoms with Crippen molar-refractivity contribution in [1.82, 2.24) is 3.53 Å². The minimum Gasteiger partial charge on any atom is -0.254 e. The summed E-state index contributed by atoms with van der Waals surface area (Å²) in [4.78, 5) is 0. The minimum absolute atomic E-state index is 0.556. The van der Waals surface area contributed by atoms with Crippen molar-refractivity contribution in [2.24, 2.45) is 0 Å². The lowest BCUT2D eigenvalue weighted by molar-refractivity contribution is 0.790. The second kappa shape index (κ2) is 3.25. The number of nitrogens with one attached hydrogen (secondary N) is 1. The molecule has 0 radical (unpaired) electrons. The van der Waals surface area contributed by atoms with Crippen LogP contribution in [0.4, 0.5) is 0 Å². The Hall–Kier alpha value is 0.170. The highest BCUT2D eigenvalue weighted by molar-refractivity contribution is 14.1. The molecule has 1 aliphatic carbocycles. The van der Waals surface area contributed by atoms with Gasteiger partial charge in [0.2, 0.25) is 0 Å². The summed E-state index contributed by atoms with van der Waals surface area (Å²) in [5, 5.41) is 0. The standard InChI is InChI=1S/C6H8IN/c7-8-6-4-2-1-3-5-6/h1-4,6,8H,5H2. The van der Waals surface area contributed by atoms with Gasteiger partial charge in [0.05, 0.1) is 0 Å². The second-order valence-corrected chi connectivity index (χ2v) is 2.39. The van der Waals surface area contributed by atoms with Gasteiger partial charge in [-0.25, -0.2) is 0 Å². The molecule has 1 unspecified atom stereocenters. The van der Waals surface area contributed by atoms with Crippen LogP contribution in [0.2, 0.25) is 0 Å². The Kier molecular flexibility index (Phi) is 2.55. The van der Waals surface area contributed by atoms with Crippen LogP contribution in [-0.2, 0) is 0 Å². The van der Waals surface area contributed by atoms with Gasteiger partial charge in [0.1, 0.15) is 0 Å². The molecular formula is C6H8IN. The molecule has 44 valence electrons. The van der Waals surface area contributed by atoms with Crippen molar-refractivity contribution in [3.63, 3.8) is 0 Å². The van der Waals surface area contributed by atoms with E-state index in [1.165, 1.54) is 0 Å². The zero-order valence-electron chi connectivity index (χ0n) is 4.47. The van der Waals surface area contributed by atoms with E-state index in [1.807, 2.05) is 0 Å². The van der Waals surface area contributed by atoms with E-state index in [9.17, 15) is 0 Å². The zero-order valence-corrected chi connectivity index (χ0v) is 6.63. The summed E-state index contributed by atoms with van der Waals surface area (Å²) < 4.78 is 3.14. The molecule has 1 nitrogen and oxygen atoms in total. The summed E-state index contributed by atoms with van der Waals surface area (Å²) in [6.45, 7) is 0. The lowest BCUT2D eigenvalue weighted by Gasteiger charge is -2.08. The van der Waals surface area contributed by atoms with Gasteiger partial charge in [0, 0.05) is 28.9 Å². The number of hydrogen-bond acceptors (Lipinski definition) is 1. The quantitative estimate of drug-likeness (QED) is 0.526. The highest BCUT2D eigenvalue weighted by atomic mass is 127. The Bertz CT molecular complexity index is 118. The van der Waals surface area contributed by atoms with Crippen LogP contribution in [0.5, 0.6) is 0 Å². The van der Waals surface area contributed by atoms with E-state index in [-0.39, 0.29) is 0 Å². The molecule has 0 bridgehead atoms. The van der Waals surface area contributed by atoms with Gasteiger partial charge >= 0.3 is 0 Å². The van der Waals surface area contributed by atoms with E-state index in [0.717, 1.165) is 6.42 Å². The number of allylic oxidation sites excluding steroid dienone is 2. The molecule has 1 rings (SSSR count). The minimum atomic E-state index is 0.556. The molecule has 0 aromatic rings. The molecule has 0 aromatic carbocycles. The van der Waals surface area contributed by atoms with Crippen LogP contribution < -0.4 is 3.53 Å². The van der Waals surface area contributed by atoms with Crippen molar-refractivity contribution in [2.75, 3.05) is 0 Å². The van der Waals surface area contributed by atoms with E-state index in [2.05, 4.69) is 50.7 Å². The maximum Gasteiger partial charge on any atom is 0.0380 e. The van der Waals surface area contributed by atoms with E-state index in [1.54, 1.807) is 0 Å². The van der Waals surface area contributed by atoms with E-state index >= 15 is 0 Å². The van der Waals surface area contributed by atoms with Crippen LogP contribution in [0, 0.1) is 0 Å². The van der Waals surface area contributed by atoms with Crippen LogP contribution in [0.3, 0.4) is 0 Å². The predicted molar refractivity (Wildman–Crippen MR) is 43.8 cm³/mol. The van der Waals surface area contributed by atoms with Gasteiger partial charge < -0.3 is 0 Å². The molecule has 1 N–H and O–H groups in total. The Labute approximate surface area is 63.3 Å². The van der Waals surface area contributed by atoms with Gasteiger partial charge in [0.25, 0.3) is 0 Å². The Morgan fingerprint density at radius 2 is 2.38 bits per heavy atom. The van der Waals surface area contributed by atoms with Crippen molar-refractivity contribution < 1.29 is 0 Å². The summed E-state index contributed by atoms with van der Waals surface area (Å²) in [6.07, 6.45) is 9.59. The lowest BCUT2D eigenvalue weighted by atomic mass is 10.1. The summed E-state index contributed by atoms with van der Waals surface area (Å²) in [6, 6.07) is 0.556. The van der Waals surface area contributed by atoms with Gasteiger partial charge in [0.15, 0.2) is 0 Å². The Morgan fingerprint density at radius 1 is 1.50 bits per heavy atom. The molecule has 0 aromatic heterocycles. The summed E-state index contributed by atoms with van der Waals surface area (Å²) in [5.41, 5.74) is 0. The molecule has 0 fully saturated rings. The molecule has 1 atom stereocenters. The molecule has 0 amide bonds. The van der Waals surface area contributed by atoms with Crippen molar-refractivity contribution >= 4 is 22.9 Å². The maximum atomic E-state index is 3.14. The lowest BCUT2D eigenvalue weighted by Crippen LogP contribution is -2.16. The highest BCUT2D eigenvalue weighted by Gasteiger charge is 1.99. The van der Waals surface area contributed by atoms with Crippen molar-refractivity contribution in [2.45, 2.75) is 12.5 Å². The number of hydrogen-bond donors (Lipinski definition) is 1. The first-order valence-electron chi connectivity index (χ1n) is 2.63. The maximum absolute atomic E-state index is 3.14. The molecule has 0 heterocycles. The third-order valence-corrected chi connectivity index (χ3v) is 1.92. The smallest absolute Gasteiger partial charge is 0.0380 e. The Balaban J connectivity index is 2.40. The van der Waals surface area contributed by atoms with Gasteiger partial charge in [-0.1, -0.05) is 24.3 Å². The first-order chi connectivity index (χ1) is 3.93. The molecular weight excluding hydrogens is 213 g/mol. The normalized spacial score (nSPS) is 26.4. The van der Waals surface area contributed by atoms with Crippen molar-refractivity contribution in [3.05, 3.63) is 24.3 Å². The fourth-order valence-corrected chi connectivity index (χ4v) is 1.12. The molecule has 8 heavy (non-hydrogen) atoms. The fraction of sp³-hybridized carbons (Fsp3) is 0.333. The van der Waals surface area contributed by atoms with Crippen LogP contribution in [0.25, 0.3) is 0 Å². The number of halogens is 1. The van der Waals surface area contributed by atoms with E-state index < -0.39 is 0 Å².